The van der Waals surface area contributed by atoms with E-state index >= 15 is 0 Å². The monoisotopic (exact) mass is 1150 g/mol. The molecule has 0 aromatic rings. The van der Waals surface area contributed by atoms with Crippen LogP contribution in [0.5, 0.6) is 0 Å². The van der Waals surface area contributed by atoms with Crippen LogP contribution in [0.15, 0.2) is 122 Å². The second-order valence-corrected chi connectivity index (χ2v) is 23.1. The van der Waals surface area contributed by atoms with Crippen molar-refractivity contribution in [1.29, 1.82) is 0 Å². The first-order valence-electron chi connectivity index (χ1n) is 35.0. The zero-order valence-electron chi connectivity index (χ0n) is 54.4. The highest BCUT2D eigenvalue weighted by Crippen LogP contribution is 2.16. The molecule has 0 rings (SSSR count). The van der Waals surface area contributed by atoms with E-state index in [1.54, 1.807) is 0 Å². The minimum absolute atomic E-state index is 0.0903. The number of hydrogen-bond acceptors (Lipinski definition) is 6. The molecule has 474 valence electrons. The second-order valence-electron chi connectivity index (χ2n) is 23.1. The molecular formula is C77H130O6. The highest BCUT2D eigenvalue weighted by molar-refractivity contribution is 5.71. The van der Waals surface area contributed by atoms with Crippen molar-refractivity contribution in [2.45, 2.75) is 335 Å². The fraction of sp³-hybridized carbons (Fsp3) is 0.701. The lowest BCUT2D eigenvalue weighted by Gasteiger charge is -2.18. The molecule has 0 aliphatic heterocycles. The first kappa shape index (κ1) is 78.8. The van der Waals surface area contributed by atoms with Gasteiger partial charge in [0.25, 0.3) is 0 Å². The van der Waals surface area contributed by atoms with Crippen LogP contribution in [0.25, 0.3) is 0 Å². The number of carbonyl (C=O) groups is 3. The lowest BCUT2D eigenvalue weighted by atomic mass is 10.1. The van der Waals surface area contributed by atoms with E-state index in [4.69, 9.17) is 14.2 Å². The van der Waals surface area contributed by atoms with Gasteiger partial charge in [0, 0.05) is 19.3 Å². The van der Waals surface area contributed by atoms with Gasteiger partial charge in [0.2, 0.25) is 0 Å². The molecule has 83 heavy (non-hydrogen) atoms. The Bertz CT molecular complexity index is 1700. The topological polar surface area (TPSA) is 78.9 Å². The smallest absolute Gasteiger partial charge is 0.306 e. The van der Waals surface area contributed by atoms with Crippen molar-refractivity contribution >= 4 is 17.9 Å². The summed E-state index contributed by atoms with van der Waals surface area (Å²) in [6, 6.07) is 0. The average Bonchev–Trinajstić information content (AvgIpc) is 3.49. The van der Waals surface area contributed by atoms with E-state index in [0.29, 0.717) is 19.3 Å². The van der Waals surface area contributed by atoms with Crippen molar-refractivity contribution in [2.75, 3.05) is 13.2 Å². The molecule has 0 spiro atoms. The molecule has 0 aromatic carbocycles. The fourth-order valence-electron chi connectivity index (χ4n) is 9.68. The fourth-order valence-corrected chi connectivity index (χ4v) is 9.68. The quantitative estimate of drug-likeness (QED) is 0.0261. The van der Waals surface area contributed by atoms with Gasteiger partial charge < -0.3 is 14.2 Å². The number of esters is 3. The van der Waals surface area contributed by atoms with Crippen molar-refractivity contribution < 1.29 is 28.6 Å². The third kappa shape index (κ3) is 68.5. The van der Waals surface area contributed by atoms with Crippen LogP contribution in [0.2, 0.25) is 0 Å². The lowest BCUT2D eigenvalue weighted by Crippen LogP contribution is -2.30. The van der Waals surface area contributed by atoms with Gasteiger partial charge in [0.05, 0.1) is 0 Å². The molecule has 0 fully saturated rings. The van der Waals surface area contributed by atoms with Gasteiger partial charge in [-0.3, -0.25) is 14.4 Å². The van der Waals surface area contributed by atoms with Crippen molar-refractivity contribution in [2.24, 2.45) is 0 Å². The van der Waals surface area contributed by atoms with Crippen LogP contribution < -0.4 is 0 Å². The van der Waals surface area contributed by atoms with Crippen molar-refractivity contribution in [1.82, 2.24) is 0 Å². The predicted molar refractivity (Wildman–Crippen MR) is 362 cm³/mol. The van der Waals surface area contributed by atoms with Gasteiger partial charge >= 0.3 is 17.9 Å². The Kier molecular flexibility index (Phi) is 66.7. The first-order chi connectivity index (χ1) is 41.0. The van der Waals surface area contributed by atoms with E-state index < -0.39 is 6.10 Å². The third-order valence-electron chi connectivity index (χ3n) is 14.9. The molecule has 1 atom stereocenters. The number of rotatable bonds is 63. The van der Waals surface area contributed by atoms with Gasteiger partial charge in [0.15, 0.2) is 6.10 Å². The Morgan fingerprint density at radius 1 is 0.253 bits per heavy atom. The summed E-state index contributed by atoms with van der Waals surface area (Å²) in [6.07, 6.45) is 97.8. The van der Waals surface area contributed by atoms with Gasteiger partial charge in [-0.05, 0) is 135 Å². The van der Waals surface area contributed by atoms with Crippen LogP contribution in [0.3, 0.4) is 0 Å². The molecule has 0 aromatic heterocycles. The summed E-state index contributed by atoms with van der Waals surface area (Å²) in [5, 5.41) is 0. The van der Waals surface area contributed by atoms with Crippen molar-refractivity contribution in [3.8, 4) is 0 Å². The number of unbranched alkanes of at least 4 members (excludes halogenated alkanes) is 32. The summed E-state index contributed by atoms with van der Waals surface area (Å²) < 4.78 is 17.0. The maximum Gasteiger partial charge on any atom is 0.306 e. The normalized spacial score (nSPS) is 12.9. The summed E-state index contributed by atoms with van der Waals surface area (Å²) in [5.41, 5.74) is 0. The van der Waals surface area contributed by atoms with Crippen LogP contribution >= 0.6 is 0 Å². The van der Waals surface area contributed by atoms with Crippen LogP contribution in [-0.2, 0) is 28.6 Å². The maximum absolute atomic E-state index is 13.0. The molecule has 1 unspecified atom stereocenters. The van der Waals surface area contributed by atoms with E-state index in [0.717, 1.165) is 135 Å². The van der Waals surface area contributed by atoms with Gasteiger partial charge in [-0.15, -0.1) is 0 Å². The van der Waals surface area contributed by atoms with E-state index in [1.807, 2.05) is 0 Å². The number of allylic oxidation sites excluding steroid dienone is 20. The standard InChI is InChI=1S/C77H130O6/c1-4-7-10-13-16-19-22-25-28-31-33-35-36-37-38-39-40-42-43-46-49-52-55-58-61-64-67-70-76(79)82-73-74(72-81-75(78)69-66-63-60-57-54-51-48-45-30-27-24-21-18-15-12-9-6-3)83-77(80)71-68-65-62-59-56-53-50-47-44-41-34-32-29-26-23-20-17-14-11-8-5-2/h7,10,16,18-19,21,25,27-28,30,32-35,37-38,40,42,46,49,74H,4-6,8-9,11-15,17,20,22-24,26,29,31,36,39,41,43-45,47-48,50-73H2,1-3H3/b10-7-,19-16-,21-18-,28-25-,30-27-,34-32-,35-33-,38-37-,42-40-,49-46-. The van der Waals surface area contributed by atoms with Crippen LogP contribution in [0.4, 0.5) is 0 Å². The second kappa shape index (κ2) is 70.3. The molecule has 0 heterocycles. The highest BCUT2D eigenvalue weighted by atomic mass is 16.6. The number of ether oxygens (including phenoxy) is 3. The SMILES string of the molecule is CC/C=C\C/C=C\C/C=C\C/C=C\C/C=C\C/C=C\C/C=C\CCCCCCCC(=O)OCC(COC(=O)CCCCCCCCC/C=C\C/C=C\CCCCC)OC(=O)CCCCCCCCCCC/C=C\CCCCCCCCCC. The molecule has 0 radical (unpaired) electrons. The Morgan fingerprint density at radius 3 is 0.771 bits per heavy atom. The van der Waals surface area contributed by atoms with Gasteiger partial charge in [-0.1, -0.05) is 296 Å². The molecule has 0 bridgehead atoms. The number of hydrogen-bond donors (Lipinski definition) is 0. The van der Waals surface area contributed by atoms with Gasteiger partial charge in [0.1, 0.15) is 13.2 Å². The number of carbonyl (C=O) groups excluding carboxylic acids is 3. The Labute approximate surface area is 513 Å². The van der Waals surface area contributed by atoms with Crippen LogP contribution in [-0.4, -0.2) is 37.2 Å². The summed E-state index contributed by atoms with van der Waals surface area (Å²) in [5.74, 6) is -0.909. The Hall–Kier alpha value is -4.19. The largest absolute Gasteiger partial charge is 0.462 e. The Morgan fingerprint density at radius 2 is 0.470 bits per heavy atom. The van der Waals surface area contributed by atoms with Crippen LogP contribution in [0, 0.1) is 0 Å². The lowest BCUT2D eigenvalue weighted by molar-refractivity contribution is -0.167. The summed E-state index contributed by atoms with van der Waals surface area (Å²) in [6.45, 7) is 6.51. The Balaban J connectivity index is 4.43. The average molecular weight is 1150 g/mol. The van der Waals surface area contributed by atoms with Crippen molar-refractivity contribution in [3.05, 3.63) is 122 Å². The molecule has 0 saturated carbocycles. The summed E-state index contributed by atoms with van der Waals surface area (Å²) in [4.78, 5) is 38.5. The highest BCUT2D eigenvalue weighted by Gasteiger charge is 2.19. The minimum Gasteiger partial charge on any atom is -0.462 e. The molecular weight excluding hydrogens is 1020 g/mol. The molecule has 0 aliphatic carbocycles. The third-order valence-corrected chi connectivity index (χ3v) is 14.9. The van der Waals surface area contributed by atoms with Crippen LogP contribution in [0.1, 0.15) is 329 Å². The van der Waals surface area contributed by atoms with Gasteiger partial charge in [-0.25, -0.2) is 0 Å². The molecule has 0 saturated heterocycles. The summed E-state index contributed by atoms with van der Waals surface area (Å²) in [7, 11) is 0. The molecule has 0 amide bonds. The maximum atomic E-state index is 13.0. The summed E-state index contributed by atoms with van der Waals surface area (Å²) >= 11 is 0. The minimum atomic E-state index is -0.796. The van der Waals surface area contributed by atoms with Gasteiger partial charge in [-0.2, -0.15) is 0 Å². The first-order valence-corrected chi connectivity index (χ1v) is 35.0. The van der Waals surface area contributed by atoms with E-state index in [2.05, 4.69) is 142 Å². The van der Waals surface area contributed by atoms with E-state index in [-0.39, 0.29) is 31.1 Å². The predicted octanol–water partition coefficient (Wildman–Crippen LogP) is 24.3. The van der Waals surface area contributed by atoms with E-state index in [9.17, 15) is 14.4 Å². The van der Waals surface area contributed by atoms with Crippen molar-refractivity contribution in [3.63, 3.8) is 0 Å². The molecule has 6 heteroatoms. The molecule has 0 N–H and O–H groups in total. The molecule has 0 aliphatic rings. The molecule has 6 nitrogen and oxygen atoms in total. The van der Waals surface area contributed by atoms with E-state index in [1.165, 1.54) is 154 Å². The zero-order valence-corrected chi connectivity index (χ0v) is 54.4. The zero-order chi connectivity index (χ0) is 59.9.